The molecule has 0 fully saturated rings. The van der Waals surface area contributed by atoms with Gasteiger partial charge in [-0.3, -0.25) is 4.57 Å². The van der Waals surface area contributed by atoms with E-state index in [4.69, 9.17) is 23.8 Å². The molecule has 2 aromatic carbocycles. The minimum atomic E-state index is -0.259. The van der Waals surface area contributed by atoms with Crippen LogP contribution < -0.4 is 0 Å². The van der Waals surface area contributed by atoms with Crippen LogP contribution >= 0.6 is 69.0 Å². The molecule has 0 atom stereocenters. The summed E-state index contributed by atoms with van der Waals surface area (Å²) in [5.41, 5.74) is 2.41. The first kappa shape index (κ1) is 14.7. The van der Waals surface area contributed by atoms with Gasteiger partial charge < -0.3 is 4.98 Å². The number of rotatable bonds is 1. The second-order valence-corrected chi connectivity index (χ2v) is 7.29. The van der Waals surface area contributed by atoms with Gasteiger partial charge in [-0.1, -0.05) is 11.6 Å². The molecule has 0 radical (unpaired) electrons. The number of aromatic nitrogens is 2. The normalized spacial score (nSPS) is 11.2. The third-order valence-electron chi connectivity index (χ3n) is 2.87. The Morgan fingerprint density at radius 1 is 1.15 bits per heavy atom. The Kier molecular flexibility index (Phi) is 4.08. The summed E-state index contributed by atoms with van der Waals surface area (Å²) < 4.78 is 17.7. The van der Waals surface area contributed by atoms with E-state index < -0.39 is 0 Å². The molecule has 2 nitrogen and oxygen atoms in total. The van der Waals surface area contributed by atoms with Crippen molar-refractivity contribution in [3.8, 4) is 5.69 Å². The van der Waals surface area contributed by atoms with Crippen LogP contribution in [0.25, 0.3) is 16.7 Å². The minimum Gasteiger partial charge on any atom is -0.330 e. The smallest absolute Gasteiger partial charge is 0.182 e. The molecule has 102 valence electrons. The maximum absolute atomic E-state index is 13.8. The molecule has 0 aliphatic rings. The summed E-state index contributed by atoms with van der Waals surface area (Å²) in [6.45, 7) is 0. The first-order chi connectivity index (χ1) is 9.47. The Bertz CT molecular complexity index is 888. The molecule has 1 N–H and O–H groups in total. The number of hydrogen-bond donors (Lipinski definition) is 1. The van der Waals surface area contributed by atoms with Crippen LogP contribution in [-0.2, 0) is 0 Å². The molecule has 1 aromatic heterocycles. The van der Waals surface area contributed by atoms with Crippen molar-refractivity contribution in [1.82, 2.24) is 9.55 Å². The lowest BCUT2D eigenvalue weighted by molar-refractivity contribution is 0.622. The molecule has 0 spiro atoms. The Morgan fingerprint density at radius 3 is 2.60 bits per heavy atom. The molecule has 0 bridgehead atoms. The summed E-state index contributed by atoms with van der Waals surface area (Å²) >= 11 is 15.5. The fraction of sp³-hybridized carbons (Fsp3) is 0. The molecule has 0 saturated heterocycles. The highest BCUT2D eigenvalue weighted by Gasteiger charge is 2.12. The molecule has 3 aromatic rings. The van der Waals surface area contributed by atoms with Crippen molar-refractivity contribution in [3.05, 3.63) is 53.1 Å². The molecule has 0 aliphatic carbocycles. The van der Waals surface area contributed by atoms with Crippen LogP contribution in [0.4, 0.5) is 4.39 Å². The highest BCUT2D eigenvalue weighted by molar-refractivity contribution is 14.1. The van der Waals surface area contributed by atoms with Crippen molar-refractivity contribution in [2.45, 2.75) is 0 Å². The van der Waals surface area contributed by atoms with Gasteiger partial charge in [-0.05, 0) is 81.7 Å². The lowest BCUT2D eigenvalue weighted by Gasteiger charge is -2.08. The highest BCUT2D eigenvalue weighted by Crippen LogP contribution is 2.27. The summed E-state index contributed by atoms with van der Waals surface area (Å²) in [5, 5.41) is 0.658. The first-order valence-electron chi connectivity index (χ1n) is 5.52. The summed E-state index contributed by atoms with van der Waals surface area (Å²) in [6.07, 6.45) is 0. The molecule has 0 saturated carbocycles. The molecule has 0 amide bonds. The predicted octanol–water partition coefficient (Wildman–Crippen LogP) is 5.69. The fourth-order valence-electron chi connectivity index (χ4n) is 2.00. The van der Waals surface area contributed by atoms with Gasteiger partial charge in [0.1, 0.15) is 5.82 Å². The molecule has 7 heteroatoms. The number of hydrogen-bond acceptors (Lipinski definition) is 1. The molecular formula is C13H6ClFI2N2S. The van der Waals surface area contributed by atoms with E-state index >= 15 is 0 Å². The number of imidazole rings is 1. The second kappa shape index (κ2) is 5.54. The zero-order valence-electron chi connectivity index (χ0n) is 9.75. The van der Waals surface area contributed by atoms with Gasteiger partial charge in [0.2, 0.25) is 0 Å². The van der Waals surface area contributed by atoms with Crippen molar-refractivity contribution >= 4 is 80.0 Å². The van der Waals surface area contributed by atoms with E-state index in [-0.39, 0.29) is 5.82 Å². The molecular weight excluding hydrogens is 524 g/mol. The summed E-state index contributed by atoms with van der Waals surface area (Å²) in [6, 6.07) is 8.77. The zero-order chi connectivity index (χ0) is 14.4. The lowest BCUT2D eigenvalue weighted by Crippen LogP contribution is -1.97. The van der Waals surface area contributed by atoms with Crippen LogP contribution in [0.2, 0.25) is 5.02 Å². The maximum atomic E-state index is 13.8. The van der Waals surface area contributed by atoms with Crippen molar-refractivity contribution < 1.29 is 4.39 Å². The monoisotopic (exact) mass is 530 g/mol. The third-order valence-corrected chi connectivity index (χ3v) is 5.09. The number of H-pyrrole nitrogens is 1. The maximum Gasteiger partial charge on any atom is 0.182 e. The Hall–Kier alpha value is -0.190. The predicted molar refractivity (Wildman–Crippen MR) is 98.9 cm³/mol. The van der Waals surface area contributed by atoms with Crippen LogP contribution in [0.15, 0.2) is 30.3 Å². The third kappa shape index (κ3) is 2.51. The minimum absolute atomic E-state index is 0.259. The van der Waals surface area contributed by atoms with Gasteiger partial charge in [0.15, 0.2) is 4.77 Å². The largest absolute Gasteiger partial charge is 0.330 e. The van der Waals surface area contributed by atoms with Gasteiger partial charge in [-0.2, -0.15) is 0 Å². The average Bonchev–Trinajstić information content (AvgIpc) is 2.66. The van der Waals surface area contributed by atoms with E-state index in [9.17, 15) is 4.39 Å². The van der Waals surface area contributed by atoms with Gasteiger partial charge in [0.25, 0.3) is 0 Å². The van der Waals surface area contributed by atoms with Crippen molar-refractivity contribution in [1.29, 1.82) is 0 Å². The van der Waals surface area contributed by atoms with Crippen molar-refractivity contribution in [2.75, 3.05) is 0 Å². The van der Waals surface area contributed by atoms with Crippen LogP contribution in [0, 0.1) is 17.7 Å². The van der Waals surface area contributed by atoms with Gasteiger partial charge in [0, 0.05) is 14.7 Å². The number of benzene rings is 2. The Balaban J connectivity index is 2.39. The Labute approximate surface area is 151 Å². The van der Waals surface area contributed by atoms with Crippen molar-refractivity contribution in [2.24, 2.45) is 0 Å². The molecule has 20 heavy (non-hydrogen) atoms. The summed E-state index contributed by atoms with van der Waals surface area (Å²) in [5.74, 6) is -0.259. The summed E-state index contributed by atoms with van der Waals surface area (Å²) in [7, 11) is 0. The highest BCUT2D eigenvalue weighted by atomic mass is 127. The SMILES string of the molecule is Fc1cc2c(cc1I)[nH]c(=S)n2-c1ccc(Cl)cc1I. The number of aromatic amines is 1. The number of nitrogens with zero attached hydrogens (tertiary/aromatic N) is 1. The van der Waals surface area contributed by atoms with Gasteiger partial charge in [0.05, 0.1) is 20.3 Å². The van der Waals surface area contributed by atoms with Crippen molar-refractivity contribution in [3.63, 3.8) is 0 Å². The standard InChI is InChI=1S/C13H6ClFI2N2S/c14-6-1-2-11(9(17)3-6)19-12-4-7(15)8(16)5-10(12)18-13(19)20/h1-5H,(H,18,20). The molecule has 0 unspecified atom stereocenters. The van der Waals surface area contributed by atoms with E-state index in [1.54, 1.807) is 12.1 Å². The number of fused-ring (bicyclic) bond motifs is 1. The van der Waals surface area contributed by atoms with E-state index in [0.717, 1.165) is 14.8 Å². The molecule has 0 aliphatic heterocycles. The number of nitrogens with one attached hydrogen (secondary N) is 1. The van der Waals surface area contributed by atoms with Crippen LogP contribution in [-0.4, -0.2) is 9.55 Å². The quantitative estimate of drug-likeness (QED) is 0.317. The van der Waals surface area contributed by atoms with Gasteiger partial charge in [-0.15, -0.1) is 0 Å². The lowest BCUT2D eigenvalue weighted by atomic mass is 10.2. The van der Waals surface area contributed by atoms with E-state index in [1.807, 2.05) is 39.3 Å². The average molecular weight is 531 g/mol. The summed E-state index contributed by atoms with van der Waals surface area (Å²) in [4.78, 5) is 3.11. The zero-order valence-corrected chi connectivity index (χ0v) is 15.6. The van der Waals surface area contributed by atoms with E-state index in [2.05, 4.69) is 27.6 Å². The van der Waals surface area contributed by atoms with Crippen LogP contribution in [0.3, 0.4) is 0 Å². The van der Waals surface area contributed by atoms with Gasteiger partial charge in [-0.25, -0.2) is 4.39 Å². The molecule has 1 heterocycles. The van der Waals surface area contributed by atoms with Crippen LogP contribution in [0.5, 0.6) is 0 Å². The second-order valence-electron chi connectivity index (χ2n) is 4.14. The van der Waals surface area contributed by atoms with Gasteiger partial charge >= 0.3 is 0 Å². The fourth-order valence-corrected chi connectivity index (χ4v) is 3.89. The Morgan fingerprint density at radius 2 is 1.90 bits per heavy atom. The number of halogens is 4. The van der Waals surface area contributed by atoms with E-state index in [1.165, 1.54) is 6.07 Å². The first-order valence-corrected chi connectivity index (χ1v) is 8.47. The topological polar surface area (TPSA) is 20.7 Å². The van der Waals surface area contributed by atoms with E-state index in [0.29, 0.717) is 18.9 Å². The molecule has 3 rings (SSSR count). The van der Waals surface area contributed by atoms with Crippen LogP contribution in [0.1, 0.15) is 0 Å².